The number of hydrogen-bond donors (Lipinski definition) is 2. The van der Waals surface area contributed by atoms with Crippen LogP contribution in [0.15, 0.2) is 24.3 Å². The van der Waals surface area contributed by atoms with Crippen molar-refractivity contribution in [1.82, 2.24) is 4.90 Å². The molecule has 1 heterocycles. The Hall–Kier alpha value is -1.75. The minimum Gasteiger partial charge on any atom is -0.492 e. The van der Waals surface area contributed by atoms with E-state index in [1.165, 1.54) is 0 Å². The molecule has 1 spiro atoms. The number of nitrogens with two attached hydrogens (primary N) is 1. The van der Waals surface area contributed by atoms with Crippen molar-refractivity contribution in [2.24, 2.45) is 11.3 Å². The van der Waals surface area contributed by atoms with Gasteiger partial charge in [-0.2, -0.15) is 0 Å². The van der Waals surface area contributed by atoms with Crippen molar-refractivity contribution in [2.45, 2.75) is 19.3 Å². The number of rotatable bonds is 5. The Morgan fingerprint density at radius 3 is 2.57 bits per heavy atom. The second-order valence-corrected chi connectivity index (χ2v) is 6.22. The summed E-state index contributed by atoms with van der Waals surface area (Å²) >= 11 is 0. The first-order valence-electron chi connectivity index (χ1n) is 7.53. The standard InChI is InChI=1S/C16H22N2O3/c17-12-1-3-13(4-2-12)21-10-9-18-7-5-16(6-8-18)11-14(16)15(19)20/h1-4,14H,5-11,17H2,(H,19,20). The summed E-state index contributed by atoms with van der Waals surface area (Å²) in [7, 11) is 0. The Labute approximate surface area is 124 Å². The highest BCUT2D eigenvalue weighted by atomic mass is 16.5. The van der Waals surface area contributed by atoms with Gasteiger partial charge in [0.25, 0.3) is 0 Å². The Morgan fingerprint density at radius 2 is 2.00 bits per heavy atom. The van der Waals surface area contributed by atoms with Crippen molar-refractivity contribution in [2.75, 3.05) is 32.0 Å². The van der Waals surface area contributed by atoms with Gasteiger partial charge in [0.05, 0.1) is 5.92 Å². The van der Waals surface area contributed by atoms with E-state index in [-0.39, 0.29) is 11.3 Å². The average molecular weight is 290 g/mol. The molecule has 1 saturated heterocycles. The van der Waals surface area contributed by atoms with Gasteiger partial charge in [0.15, 0.2) is 0 Å². The molecule has 0 bridgehead atoms. The van der Waals surface area contributed by atoms with E-state index in [1.54, 1.807) is 0 Å². The summed E-state index contributed by atoms with van der Waals surface area (Å²) in [5.74, 6) is 0.131. The summed E-state index contributed by atoms with van der Waals surface area (Å²) in [6.45, 7) is 3.50. The predicted octanol–water partition coefficient (Wildman–Crippen LogP) is 1.83. The Morgan fingerprint density at radius 1 is 1.33 bits per heavy atom. The van der Waals surface area contributed by atoms with Crippen molar-refractivity contribution < 1.29 is 14.6 Å². The summed E-state index contributed by atoms with van der Waals surface area (Å²) in [6.07, 6.45) is 2.88. The first kappa shape index (κ1) is 14.2. The van der Waals surface area contributed by atoms with Crippen molar-refractivity contribution in [1.29, 1.82) is 0 Å². The third kappa shape index (κ3) is 3.13. The normalized spacial score (nSPS) is 23.9. The molecule has 2 fully saturated rings. The molecule has 1 aromatic rings. The topological polar surface area (TPSA) is 75.8 Å². The number of carbonyl (C=O) groups is 1. The van der Waals surface area contributed by atoms with Crippen molar-refractivity contribution >= 4 is 11.7 Å². The number of nitrogen functional groups attached to an aromatic ring is 1. The summed E-state index contributed by atoms with van der Waals surface area (Å²) < 4.78 is 5.70. The molecule has 1 aliphatic heterocycles. The largest absolute Gasteiger partial charge is 0.492 e. The van der Waals surface area contributed by atoms with E-state index in [1.807, 2.05) is 24.3 Å². The van der Waals surface area contributed by atoms with Gasteiger partial charge in [-0.1, -0.05) is 0 Å². The van der Waals surface area contributed by atoms with Crippen LogP contribution in [-0.4, -0.2) is 42.2 Å². The number of ether oxygens (including phenoxy) is 1. The first-order chi connectivity index (χ1) is 10.1. The summed E-state index contributed by atoms with van der Waals surface area (Å²) in [5, 5.41) is 9.08. The van der Waals surface area contributed by atoms with E-state index in [9.17, 15) is 4.79 Å². The number of likely N-dealkylation sites (tertiary alicyclic amines) is 1. The van der Waals surface area contributed by atoms with Crippen molar-refractivity contribution in [3.63, 3.8) is 0 Å². The number of aliphatic carboxylic acids is 1. The highest BCUT2D eigenvalue weighted by molar-refractivity contribution is 5.74. The maximum absolute atomic E-state index is 11.0. The van der Waals surface area contributed by atoms with E-state index in [4.69, 9.17) is 15.6 Å². The van der Waals surface area contributed by atoms with Gasteiger partial charge in [-0.15, -0.1) is 0 Å². The molecular formula is C16H22N2O3. The van der Waals surface area contributed by atoms with Crippen LogP contribution in [0.4, 0.5) is 5.69 Å². The number of benzene rings is 1. The van der Waals surface area contributed by atoms with E-state index in [2.05, 4.69) is 4.90 Å². The first-order valence-corrected chi connectivity index (χ1v) is 7.53. The third-order valence-corrected chi connectivity index (χ3v) is 4.90. The third-order valence-electron chi connectivity index (χ3n) is 4.90. The average Bonchev–Trinajstić information content (AvgIpc) is 3.18. The van der Waals surface area contributed by atoms with Gasteiger partial charge < -0.3 is 15.6 Å². The second kappa shape index (κ2) is 5.56. The molecule has 1 atom stereocenters. The summed E-state index contributed by atoms with van der Waals surface area (Å²) in [6, 6.07) is 7.42. The monoisotopic (exact) mass is 290 g/mol. The molecule has 0 aromatic heterocycles. The van der Waals surface area contributed by atoms with Crippen LogP contribution in [0.1, 0.15) is 19.3 Å². The molecule has 0 amide bonds. The van der Waals surface area contributed by atoms with Crippen molar-refractivity contribution in [3.05, 3.63) is 24.3 Å². The quantitative estimate of drug-likeness (QED) is 0.809. The van der Waals surface area contributed by atoms with Crippen LogP contribution in [0.3, 0.4) is 0 Å². The predicted molar refractivity (Wildman–Crippen MR) is 80.2 cm³/mol. The maximum Gasteiger partial charge on any atom is 0.307 e. The van der Waals surface area contributed by atoms with E-state index in [0.717, 1.165) is 50.3 Å². The minimum atomic E-state index is -0.616. The van der Waals surface area contributed by atoms with Gasteiger partial charge in [-0.25, -0.2) is 0 Å². The molecule has 1 aliphatic carbocycles. The molecule has 1 saturated carbocycles. The van der Waals surface area contributed by atoms with Crippen LogP contribution in [0.25, 0.3) is 0 Å². The number of piperidine rings is 1. The van der Waals surface area contributed by atoms with Gasteiger partial charge in [0, 0.05) is 12.2 Å². The molecule has 5 nitrogen and oxygen atoms in total. The lowest BCUT2D eigenvalue weighted by Crippen LogP contribution is -2.38. The number of carboxylic acids is 1. The second-order valence-electron chi connectivity index (χ2n) is 6.22. The number of anilines is 1. The number of carboxylic acid groups (broad SMARTS) is 1. The van der Waals surface area contributed by atoms with Crippen LogP contribution in [0, 0.1) is 11.3 Å². The highest BCUT2D eigenvalue weighted by Crippen LogP contribution is 2.59. The van der Waals surface area contributed by atoms with Crippen LogP contribution >= 0.6 is 0 Å². The van der Waals surface area contributed by atoms with Gasteiger partial charge >= 0.3 is 5.97 Å². The Kier molecular flexibility index (Phi) is 3.76. The Bertz CT molecular complexity index is 507. The lowest BCUT2D eigenvalue weighted by atomic mass is 9.91. The lowest BCUT2D eigenvalue weighted by Gasteiger charge is -2.32. The molecule has 5 heteroatoms. The SMILES string of the molecule is Nc1ccc(OCCN2CCC3(CC2)CC3C(=O)O)cc1. The maximum atomic E-state index is 11.0. The van der Waals surface area contributed by atoms with Crippen LogP contribution in [0.2, 0.25) is 0 Å². The fourth-order valence-corrected chi connectivity index (χ4v) is 3.33. The van der Waals surface area contributed by atoms with Crippen LogP contribution < -0.4 is 10.5 Å². The molecule has 21 heavy (non-hydrogen) atoms. The van der Waals surface area contributed by atoms with Gasteiger partial charge in [0.2, 0.25) is 0 Å². The molecule has 3 N–H and O–H groups in total. The van der Waals surface area contributed by atoms with Crippen LogP contribution in [0.5, 0.6) is 5.75 Å². The van der Waals surface area contributed by atoms with Gasteiger partial charge in [0.1, 0.15) is 12.4 Å². The molecule has 3 rings (SSSR count). The molecule has 1 unspecified atom stereocenters. The molecular weight excluding hydrogens is 268 g/mol. The molecule has 2 aliphatic rings. The minimum absolute atomic E-state index is 0.0920. The van der Waals surface area contributed by atoms with E-state index >= 15 is 0 Å². The van der Waals surface area contributed by atoms with E-state index in [0.29, 0.717) is 6.61 Å². The molecule has 114 valence electrons. The zero-order valence-electron chi connectivity index (χ0n) is 12.1. The molecule has 1 aromatic carbocycles. The molecule has 0 radical (unpaired) electrons. The lowest BCUT2D eigenvalue weighted by molar-refractivity contribution is -0.139. The highest BCUT2D eigenvalue weighted by Gasteiger charge is 2.58. The fourth-order valence-electron chi connectivity index (χ4n) is 3.33. The smallest absolute Gasteiger partial charge is 0.307 e. The van der Waals surface area contributed by atoms with E-state index < -0.39 is 5.97 Å². The number of nitrogens with zero attached hydrogens (tertiary/aromatic N) is 1. The number of hydrogen-bond acceptors (Lipinski definition) is 4. The summed E-state index contributed by atoms with van der Waals surface area (Å²) in [4.78, 5) is 13.4. The Balaban J connectivity index is 1.38. The van der Waals surface area contributed by atoms with Gasteiger partial charge in [-0.05, 0) is 62.0 Å². The fraction of sp³-hybridized carbons (Fsp3) is 0.562. The zero-order valence-corrected chi connectivity index (χ0v) is 12.1. The summed E-state index contributed by atoms with van der Waals surface area (Å²) in [5.41, 5.74) is 6.48. The van der Waals surface area contributed by atoms with Gasteiger partial charge in [-0.3, -0.25) is 9.69 Å². The van der Waals surface area contributed by atoms with Crippen molar-refractivity contribution in [3.8, 4) is 5.75 Å². The van der Waals surface area contributed by atoms with Crippen LogP contribution in [-0.2, 0) is 4.79 Å². The zero-order chi connectivity index (χ0) is 14.9.